The van der Waals surface area contributed by atoms with E-state index in [2.05, 4.69) is 31.1 Å². The van der Waals surface area contributed by atoms with Gasteiger partial charge in [0, 0.05) is 18.8 Å². The van der Waals surface area contributed by atoms with Crippen LogP contribution in [0.25, 0.3) is 11.0 Å². The number of nitrogens with zero attached hydrogens (tertiary/aromatic N) is 3. The molecule has 100 valence electrons. The lowest BCUT2D eigenvalue weighted by Crippen LogP contribution is -3.00. The Bertz CT molecular complexity index is 623. The molecular weight excluding hydrogens is 345 g/mol. The number of hydrogen-bond donors (Lipinski definition) is 2. The number of quaternary nitrogens is 1. The molecule has 2 aromatic rings. The average Bonchev–Trinajstić information content (AvgIpc) is 2.39. The first kappa shape index (κ1) is 15.0. The van der Waals surface area contributed by atoms with Crippen LogP contribution in [-0.4, -0.2) is 40.2 Å². The topological polar surface area (TPSA) is 76.7 Å². The second kappa shape index (κ2) is 4.88. The molecule has 0 saturated carbocycles. The lowest BCUT2D eigenvalue weighted by atomic mass is 10.2. The number of nitrogen functional groups attached to an aromatic ring is 1. The van der Waals surface area contributed by atoms with Gasteiger partial charge in [-0.1, -0.05) is 0 Å². The summed E-state index contributed by atoms with van der Waals surface area (Å²) in [5, 5.41) is 0.634. The summed E-state index contributed by atoms with van der Waals surface area (Å²) in [4.78, 5) is 18.6. The second-order valence-corrected chi connectivity index (χ2v) is 5.36. The smallest absolute Gasteiger partial charge is 0.262 e. The highest BCUT2D eigenvalue weighted by atomic mass is 127. The van der Waals surface area contributed by atoms with Crippen molar-refractivity contribution in [3.63, 3.8) is 0 Å². The Hall–Kier alpha value is -1.09. The third-order valence-electron chi connectivity index (χ3n) is 2.57. The Labute approximate surface area is 122 Å². The van der Waals surface area contributed by atoms with Gasteiger partial charge in [-0.15, -0.1) is 0 Å². The fourth-order valence-corrected chi connectivity index (χ4v) is 2.01. The molecule has 0 atom stereocenters. The number of hydrogen-bond acceptors (Lipinski definition) is 3. The van der Waals surface area contributed by atoms with Crippen LogP contribution in [0.1, 0.15) is 5.56 Å². The molecule has 6 nitrogen and oxygen atoms in total. The molecule has 2 heterocycles. The van der Waals surface area contributed by atoms with Crippen LogP contribution in [0, 0.1) is 0 Å². The van der Waals surface area contributed by atoms with Crippen LogP contribution in [0.15, 0.2) is 11.0 Å². The molecule has 0 unspecified atom stereocenters. The Balaban J connectivity index is 0.00000162. The highest BCUT2D eigenvalue weighted by Crippen LogP contribution is 2.18. The maximum Gasteiger partial charge on any atom is 0.262 e. The molecular formula is C11H18IN5O. The van der Waals surface area contributed by atoms with Gasteiger partial charge in [0.1, 0.15) is 12.2 Å². The molecule has 0 aliphatic carbocycles. The number of aryl methyl sites for hydroxylation is 1. The zero-order valence-corrected chi connectivity index (χ0v) is 13.1. The molecule has 0 aromatic carbocycles. The van der Waals surface area contributed by atoms with Crippen molar-refractivity contribution in [3.05, 3.63) is 22.1 Å². The van der Waals surface area contributed by atoms with Gasteiger partial charge in [0.2, 0.25) is 5.95 Å². The predicted molar refractivity (Wildman–Crippen MR) is 67.5 cm³/mol. The van der Waals surface area contributed by atoms with Crippen molar-refractivity contribution in [1.82, 2.24) is 14.5 Å². The summed E-state index contributed by atoms with van der Waals surface area (Å²) in [7, 11) is 8.11. The number of H-pyrrole nitrogens is 1. The standard InChI is InChI=1S/C11H17N5O.HI/c1-15-5-7(6-16(2,3)4)8-9(15)13-11(12)14-10(8)17;/h5H,6H2,1-4H3,(H2-,12,13,14,17);1H. The summed E-state index contributed by atoms with van der Waals surface area (Å²) >= 11 is 0. The largest absolute Gasteiger partial charge is 1.00 e. The summed E-state index contributed by atoms with van der Waals surface area (Å²) in [5.74, 6) is 0.153. The van der Waals surface area contributed by atoms with Crippen molar-refractivity contribution >= 4 is 17.0 Å². The van der Waals surface area contributed by atoms with E-state index in [0.717, 1.165) is 16.6 Å². The van der Waals surface area contributed by atoms with Gasteiger partial charge in [-0.3, -0.25) is 9.78 Å². The minimum absolute atomic E-state index is 0. The lowest BCUT2D eigenvalue weighted by Gasteiger charge is -2.23. The summed E-state index contributed by atoms with van der Waals surface area (Å²) in [5.41, 5.74) is 7.00. The second-order valence-electron chi connectivity index (χ2n) is 5.36. The molecule has 0 radical (unpaired) electrons. The van der Waals surface area contributed by atoms with E-state index in [4.69, 9.17) is 5.73 Å². The Morgan fingerprint density at radius 1 is 1.44 bits per heavy atom. The number of aromatic nitrogens is 3. The van der Waals surface area contributed by atoms with Crippen LogP contribution in [0.4, 0.5) is 5.95 Å². The van der Waals surface area contributed by atoms with E-state index in [1.807, 2.05) is 17.8 Å². The van der Waals surface area contributed by atoms with E-state index < -0.39 is 0 Å². The molecule has 0 saturated heterocycles. The first-order valence-corrected chi connectivity index (χ1v) is 5.42. The van der Waals surface area contributed by atoms with Gasteiger partial charge < -0.3 is 38.8 Å². The zero-order valence-electron chi connectivity index (χ0n) is 11.0. The SMILES string of the molecule is Cn1cc(C[N+](C)(C)C)c2c(=O)[nH]c(N)nc21.[I-]. The number of aromatic amines is 1. The van der Waals surface area contributed by atoms with Crippen molar-refractivity contribution in [1.29, 1.82) is 0 Å². The molecule has 0 bridgehead atoms. The molecule has 0 amide bonds. The summed E-state index contributed by atoms with van der Waals surface area (Å²) in [6.45, 7) is 0.770. The van der Waals surface area contributed by atoms with Gasteiger partial charge in [-0.2, -0.15) is 4.98 Å². The van der Waals surface area contributed by atoms with Crippen molar-refractivity contribution in [2.75, 3.05) is 26.9 Å². The van der Waals surface area contributed by atoms with E-state index in [1.165, 1.54) is 0 Å². The fourth-order valence-electron chi connectivity index (χ4n) is 2.01. The molecule has 0 spiro atoms. The quantitative estimate of drug-likeness (QED) is 0.443. The van der Waals surface area contributed by atoms with Crippen LogP contribution >= 0.6 is 0 Å². The normalized spacial score (nSPS) is 11.6. The van der Waals surface area contributed by atoms with Crippen molar-refractivity contribution in [2.45, 2.75) is 6.54 Å². The lowest BCUT2D eigenvalue weighted by molar-refractivity contribution is -0.883. The molecule has 18 heavy (non-hydrogen) atoms. The zero-order chi connectivity index (χ0) is 12.8. The van der Waals surface area contributed by atoms with Gasteiger partial charge in [0.25, 0.3) is 5.56 Å². The third kappa shape index (κ3) is 2.83. The Kier molecular flexibility index (Phi) is 4.06. The summed E-state index contributed by atoms with van der Waals surface area (Å²) in [6.07, 6.45) is 1.94. The molecule has 0 aliphatic rings. The molecule has 0 fully saturated rings. The first-order chi connectivity index (χ1) is 7.78. The van der Waals surface area contributed by atoms with Crippen molar-refractivity contribution < 1.29 is 28.5 Å². The van der Waals surface area contributed by atoms with Gasteiger partial charge in [0.05, 0.1) is 26.5 Å². The van der Waals surface area contributed by atoms with Crippen LogP contribution in [0.2, 0.25) is 0 Å². The van der Waals surface area contributed by atoms with E-state index >= 15 is 0 Å². The van der Waals surface area contributed by atoms with E-state index in [9.17, 15) is 4.79 Å². The highest BCUT2D eigenvalue weighted by Gasteiger charge is 2.18. The number of rotatable bonds is 2. The van der Waals surface area contributed by atoms with Crippen LogP contribution in [0.5, 0.6) is 0 Å². The summed E-state index contributed by atoms with van der Waals surface area (Å²) in [6, 6.07) is 0. The molecule has 3 N–H and O–H groups in total. The number of halogens is 1. The Morgan fingerprint density at radius 2 is 2.06 bits per heavy atom. The number of anilines is 1. The number of nitrogens with two attached hydrogens (primary N) is 1. The maximum atomic E-state index is 11.9. The minimum Gasteiger partial charge on any atom is -1.00 e. The predicted octanol–water partition coefficient (Wildman–Crippen LogP) is -2.95. The van der Waals surface area contributed by atoms with E-state index in [0.29, 0.717) is 11.0 Å². The Morgan fingerprint density at radius 3 is 2.61 bits per heavy atom. The third-order valence-corrected chi connectivity index (χ3v) is 2.57. The summed E-state index contributed by atoms with van der Waals surface area (Å²) < 4.78 is 2.59. The fraction of sp³-hybridized carbons (Fsp3) is 0.455. The molecule has 0 aliphatic heterocycles. The maximum absolute atomic E-state index is 11.9. The van der Waals surface area contributed by atoms with Gasteiger partial charge in [-0.05, 0) is 0 Å². The molecule has 7 heteroatoms. The van der Waals surface area contributed by atoms with Gasteiger partial charge >= 0.3 is 0 Å². The minimum atomic E-state index is -0.170. The average molecular weight is 363 g/mol. The molecule has 2 rings (SSSR count). The van der Waals surface area contributed by atoms with Crippen LogP contribution < -0.4 is 35.3 Å². The van der Waals surface area contributed by atoms with Crippen LogP contribution in [-0.2, 0) is 13.6 Å². The number of fused-ring (bicyclic) bond motifs is 1. The number of nitrogens with one attached hydrogen (secondary N) is 1. The van der Waals surface area contributed by atoms with Gasteiger partial charge in [-0.25, -0.2) is 0 Å². The van der Waals surface area contributed by atoms with E-state index in [-0.39, 0.29) is 35.5 Å². The first-order valence-electron chi connectivity index (χ1n) is 5.42. The monoisotopic (exact) mass is 363 g/mol. The van der Waals surface area contributed by atoms with Gasteiger partial charge in [0.15, 0.2) is 0 Å². The molecule has 2 aromatic heterocycles. The van der Waals surface area contributed by atoms with Crippen molar-refractivity contribution in [2.24, 2.45) is 7.05 Å². The van der Waals surface area contributed by atoms with Crippen LogP contribution in [0.3, 0.4) is 0 Å². The van der Waals surface area contributed by atoms with Crippen molar-refractivity contribution in [3.8, 4) is 0 Å². The highest BCUT2D eigenvalue weighted by molar-refractivity contribution is 5.80. The van der Waals surface area contributed by atoms with E-state index in [1.54, 1.807) is 0 Å².